The van der Waals surface area contributed by atoms with Crippen molar-refractivity contribution in [3.63, 3.8) is 0 Å². The summed E-state index contributed by atoms with van der Waals surface area (Å²) in [4.78, 5) is 38.9. The predicted molar refractivity (Wildman–Crippen MR) is 125 cm³/mol. The fourth-order valence-corrected chi connectivity index (χ4v) is 3.59. The molecule has 0 radical (unpaired) electrons. The summed E-state index contributed by atoms with van der Waals surface area (Å²) in [5, 5.41) is 4.54. The van der Waals surface area contributed by atoms with E-state index in [4.69, 9.17) is 4.74 Å². The lowest BCUT2D eigenvalue weighted by Crippen LogP contribution is -2.32. The molecule has 0 unspecified atom stereocenters. The molecule has 0 spiro atoms. The second-order valence-electron chi connectivity index (χ2n) is 7.36. The molecule has 33 heavy (non-hydrogen) atoms. The molecule has 1 N–H and O–H groups in total. The Kier molecular flexibility index (Phi) is 5.95. The average molecular weight is 446 g/mol. The number of rotatable bonds is 6. The fraction of sp³-hybridized carbons (Fsp3) is 0.167. The number of methoxy groups -OCH3 is 1. The summed E-state index contributed by atoms with van der Waals surface area (Å²) in [6, 6.07) is 16.0. The highest BCUT2D eigenvalue weighted by Gasteiger charge is 2.11. The molecule has 0 fully saturated rings. The number of carbonyl (C=O) groups excluding carboxylic acids is 1. The number of nitrogens with zero attached hydrogens (tertiary/aromatic N) is 3. The van der Waals surface area contributed by atoms with E-state index in [2.05, 4.69) is 14.8 Å². The van der Waals surface area contributed by atoms with E-state index in [-0.39, 0.29) is 6.61 Å². The van der Waals surface area contributed by atoms with Gasteiger partial charge in [-0.05, 0) is 56.3 Å². The first-order valence-electron chi connectivity index (χ1n) is 10.2. The lowest BCUT2D eigenvalue weighted by molar-refractivity contribution is -0.142. The minimum absolute atomic E-state index is 0.161. The van der Waals surface area contributed by atoms with Crippen LogP contribution >= 0.6 is 0 Å². The minimum atomic E-state index is -0.605. The summed E-state index contributed by atoms with van der Waals surface area (Å²) in [5.74, 6) is 0.0905. The van der Waals surface area contributed by atoms with Crippen molar-refractivity contribution in [2.75, 3.05) is 13.7 Å². The van der Waals surface area contributed by atoms with Crippen LogP contribution < -0.4 is 16.0 Å². The van der Waals surface area contributed by atoms with Gasteiger partial charge in [0.1, 0.15) is 5.75 Å². The summed E-state index contributed by atoms with van der Waals surface area (Å²) in [5.41, 5.74) is 2.85. The topological polar surface area (TPSA) is 108 Å². The van der Waals surface area contributed by atoms with Crippen LogP contribution in [0, 0.1) is 13.8 Å². The highest BCUT2D eigenvalue weighted by molar-refractivity contribution is 5.82. The van der Waals surface area contributed by atoms with Gasteiger partial charge in [-0.1, -0.05) is 12.1 Å². The van der Waals surface area contributed by atoms with E-state index in [1.54, 1.807) is 36.4 Å². The Morgan fingerprint density at radius 3 is 2.55 bits per heavy atom. The molecular weight excluding hydrogens is 424 g/mol. The zero-order valence-electron chi connectivity index (χ0n) is 18.4. The molecule has 9 nitrogen and oxygen atoms in total. The van der Waals surface area contributed by atoms with Gasteiger partial charge in [0.25, 0.3) is 5.56 Å². The first kappa shape index (κ1) is 21.8. The molecule has 0 saturated carbocycles. The third-order valence-electron chi connectivity index (χ3n) is 5.25. The maximum Gasteiger partial charge on any atom is 0.349 e. The number of aromatic amines is 1. The van der Waals surface area contributed by atoms with E-state index in [1.165, 1.54) is 13.3 Å². The van der Waals surface area contributed by atoms with Crippen LogP contribution in [0.25, 0.3) is 16.6 Å². The van der Waals surface area contributed by atoms with Crippen LogP contribution in [0.15, 0.2) is 69.3 Å². The first-order chi connectivity index (χ1) is 15.9. The highest BCUT2D eigenvalue weighted by atomic mass is 16.6. The van der Waals surface area contributed by atoms with E-state index in [0.29, 0.717) is 16.7 Å². The van der Waals surface area contributed by atoms with Crippen molar-refractivity contribution in [1.29, 1.82) is 0 Å². The van der Waals surface area contributed by atoms with Gasteiger partial charge in [0.05, 0.1) is 24.2 Å². The molecule has 0 aliphatic rings. The van der Waals surface area contributed by atoms with Gasteiger partial charge >= 0.3 is 11.7 Å². The van der Waals surface area contributed by atoms with Crippen LogP contribution in [0.4, 0.5) is 0 Å². The number of fused-ring (bicyclic) bond motifs is 1. The maximum atomic E-state index is 12.7. The first-order valence-corrected chi connectivity index (χ1v) is 10.2. The summed E-state index contributed by atoms with van der Waals surface area (Å²) >= 11 is 0. The summed E-state index contributed by atoms with van der Waals surface area (Å²) in [7, 11) is 1.31. The number of H-pyrrole nitrogens is 1. The molecular formula is C24H22N4O5. The van der Waals surface area contributed by atoms with Gasteiger partial charge in [-0.3, -0.25) is 4.79 Å². The van der Waals surface area contributed by atoms with Crippen molar-refractivity contribution in [3.05, 3.63) is 92.4 Å². The Bertz CT molecular complexity index is 1480. The summed E-state index contributed by atoms with van der Waals surface area (Å²) in [6.45, 7) is 3.70. The van der Waals surface area contributed by atoms with Gasteiger partial charge in [0, 0.05) is 22.6 Å². The maximum absolute atomic E-state index is 12.7. The van der Waals surface area contributed by atoms with E-state index in [9.17, 15) is 14.4 Å². The number of esters is 1. The third-order valence-corrected chi connectivity index (χ3v) is 5.25. The molecule has 2 aromatic carbocycles. The van der Waals surface area contributed by atoms with Crippen LogP contribution in [0.2, 0.25) is 0 Å². The SMILES string of the molecule is COC(=O)COc1ccc(-n2c(C)cc(C=Nn3c(=O)[nH]c4ccccc4c3=O)c2C)cc1. The number of para-hydroxylation sites is 1. The van der Waals surface area contributed by atoms with Crippen LogP contribution in [0.3, 0.4) is 0 Å². The van der Waals surface area contributed by atoms with Crippen LogP contribution in [0.5, 0.6) is 5.75 Å². The zero-order chi connectivity index (χ0) is 23.5. The van der Waals surface area contributed by atoms with Crippen molar-refractivity contribution in [2.24, 2.45) is 5.10 Å². The van der Waals surface area contributed by atoms with Gasteiger partial charge < -0.3 is 19.0 Å². The number of nitrogens with one attached hydrogen (secondary N) is 1. The van der Waals surface area contributed by atoms with Crippen molar-refractivity contribution in [1.82, 2.24) is 14.2 Å². The number of aryl methyl sites for hydroxylation is 1. The number of benzene rings is 2. The molecule has 0 bridgehead atoms. The molecule has 0 amide bonds. The Balaban J connectivity index is 1.63. The number of aromatic nitrogens is 3. The number of ether oxygens (including phenoxy) is 2. The van der Waals surface area contributed by atoms with Crippen LogP contribution in [-0.2, 0) is 9.53 Å². The molecule has 0 aliphatic carbocycles. The van der Waals surface area contributed by atoms with E-state index in [0.717, 1.165) is 27.3 Å². The van der Waals surface area contributed by atoms with E-state index in [1.807, 2.05) is 36.6 Å². The van der Waals surface area contributed by atoms with Crippen molar-refractivity contribution >= 4 is 23.1 Å². The van der Waals surface area contributed by atoms with Gasteiger partial charge in [-0.15, -0.1) is 4.68 Å². The number of carbonyl (C=O) groups is 1. The predicted octanol–water partition coefficient (Wildman–Crippen LogP) is 2.53. The zero-order valence-corrected chi connectivity index (χ0v) is 18.4. The standard InChI is InChI=1S/C24H22N4O5/c1-15-12-17(13-25-28-23(30)20-6-4-5-7-21(20)26-24(28)31)16(2)27(15)18-8-10-19(11-9-18)33-14-22(29)32-3/h4-13H,14H2,1-3H3,(H,26,31). The minimum Gasteiger partial charge on any atom is -0.482 e. The molecule has 0 saturated heterocycles. The fourth-order valence-electron chi connectivity index (χ4n) is 3.59. The largest absolute Gasteiger partial charge is 0.482 e. The van der Waals surface area contributed by atoms with E-state index >= 15 is 0 Å². The van der Waals surface area contributed by atoms with Gasteiger partial charge in [-0.25, -0.2) is 9.59 Å². The second kappa shape index (κ2) is 8.99. The van der Waals surface area contributed by atoms with Gasteiger partial charge in [0.15, 0.2) is 6.61 Å². The molecule has 0 atom stereocenters. The quantitative estimate of drug-likeness (QED) is 0.362. The molecule has 9 heteroatoms. The Labute approximate surface area is 188 Å². The lowest BCUT2D eigenvalue weighted by Gasteiger charge is -2.11. The molecule has 0 aliphatic heterocycles. The van der Waals surface area contributed by atoms with Crippen LogP contribution in [-0.4, -0.2) is 40.1 Å². The van der Waals surface area contributed by atoms with Gasteiger partial charge in [0.2, 0.25) is 0 Å². The Hall–Kier alpha value is -4.40. The molecule has 4 aromatic rings. The van der Waals surface area contributed by atoms with Crippen LogP contribution in [0.1, 0.15) is 17.0 Å². The second-order valence-corrected chi connectivity index (χ2v) is 7.36. The lowest BCUT2D eigenvalue weighted by atomic mass is 10.2. The smallest absolute Gasteiger partial charge is 0.349 e. The monoisotopic (exact) mass is 446 g/mol. The molecule has 2 heterocycles. The van der Waals surface area contributed by atoms with Gasteiger partial charge in [-0.2, -0.15) is 5.10 Å². The Morgan fingerprint density at radius 1 is 1.09 bits per heavy atom. The summed E-state index contributed by atoms with van der Waals surface area (Å²) in [6.07, 6.45) is 1.50. The number of hydrogen-bond donors (Lipinski definition) is 1. The average Bonchev–Trinajstić information content (AvgIpc) is 3.10. The highest BCUT2D eigenvalue weighted by Crippen LogP contribution is 2.22. The summed E-state index contributed by atoms with van der Waals surface area (Å²) < 4.78 is 12.8. The van der Waals surface area contributed by atoms with Crippen molar-refractivity contribution in [2.45, 2.75) is 13.8 Å². The number of hydrogen-bond acceptors (Lipinski definition) is 6. The van der Waals surface area contributed by atoms with E-state index < -0.39 is 17.2 Å². The van der Waals surface area contributed by atoms with Crippen molar-refractivity contribution in [3.8, 4) is 11.4 Å². The molecule has 2 aromatic heterocycles. The normalized spacial score (nSPS) is 11.2. The molecule has 168 valence electrons. The molecule has 4 rings (SSSR count). The third kappa shape index (κ3) is 4.33. The van der Waals surface area contributed by atoms with Crippen molar-refractivity contribution < 1.29 is 14.3 Å². The Morgan fingerprint density at radius 2 is 1.82 bits per heavy atom.